The van der Waals surface area contributed by atoms with Gasteiger partial charge < -0.3 is 0 Å². The van der Waals surface area contributed by atoms with Crippen LogP contribution in [0.4, 0.5) is 0 Å². The molecule has 0 N–H and O–H groups in total. The number of hydrogen-bond donors (Lipinski definition) is 0. The van der Waals surface area contributed by atoms with Crippen LogP contribution in [0.2, 0.25) is 0 Å². The average molecular weight is 251 g/mol. The van der Waals surface area contributed by atoms with E-state index in [4.69, 9.17) is 10.7 Å². The highest BCUT2D eigenvalue weighted by molar-refractivity contribution is 8.13. The smallest absolute Gasteiger partial charge is 0.263 e. The molecule has 1 heterocycles. The molecule has 4 nitrogen and oxygen atoms in total. The van der Waals surface area contributed by atoms with E-state index >= 15 is 0 Å². The Balaban J connectivity index is 3.55. The summed E-state index contributed by atoms with van der Waals surface area (Å²) in [6.45, 7) is 9.22. The van der Waals surface area contributed by atoms with Crippen LogP contribution in [0.3, 0.4) is 0 Å². The molecule has 0 spiro atoms. The lowest BCUT2D eigenvalue weighted by molar-refractivity contribution is 0.345. The number of hydrogen-bond acceptors (Lipinski definition) is 3. The van der Waals surface area contributed by atoms with Gasteiger partial charge in [-0.1, -0.05) is 0 Å². The zero-order valence-corrected chi connectivity index (χ0v) is 11.1. The first-order valence-electron chi connectivity index (χ1n) is 4.56. The molecule has 6 heteroatoms. The van der Waals surface area contributed by atoms with Crippen molar-refractivity contribution < 1.29 is 8.42 Å². The highest BCUT2D eigenvalue weighted by atomic mass is 35.7. The second kappa shape index (κ2) is 3.49. The van der Waals surface area contributed by atoms with Gasteiger partial charge in [0.05, 0.1) is 16.9 Å². The quantitative estimate of drug-likeness (QED) is 0.718. The van der Waals surface area contributed by atoms with Crippen molar-refractivity contribution in [3.8, 4) is 0 Å². The highest BCUT2D eigenvalue weighted by Crippen LogP contribution is 2.27. The zero-order chi connectivity index (χ0) is 12.0. The van der Waals surface area contributed by atoms with E-state index in [0.29, 0.717) is 11.4 Å². The third-order valence-corrected chi connectivity index (χ3v) is 3.65. The summed E-state index contributed by atoms with van der Waals surface area (Å²) in [4.78, 5) is 0.124. The number of aromatic nitrogens is 2. The van der Waals surface area contributed by atoms with Crippen LogP contribution in [0.15, 0.2) is 4.90 Å². The minimum atomic E-state index is -3.71. The molecule has 0 radical (unpaired) electrons. The molecule has 1 aromatic rings. The zero-order valence-electron chi connectivity index (χ0n) is 9.50. The monoisotopic (exact) mass is 250 g/mol. The van der Waals surface area contributed by atoms with Gasteiger partial charge in [-0.2, -0.15) is 5.10 Å². The standard InChI is InChI=1S/C9H15ClN2O2S/c1-6-8(15(10,13)14)7(2)12(11-6)9(3,4)5/h1-5H3. The maximum Gasteiger partial charge on any atom is 0.264 e. The number of aryl methyl sites for hydroxylation is 1. The maximum absolute atomic E-state index is 11.3. The van der Waals surface area contributed by atoms with Crippen LogP contribution in [0.25, 0.3) is 0 Å². The van der Waals surface area contributed by atoms with Crippen molar-refractivity contribution in [1.82, 2.24) is 9.78 Å². The fourth-order valence-electron chi connectivity index (χ4n) is 1.63. The Morgan fingerprint density at radius 3 is 1.93 bits per heavy atom. The highest BCUT2D eigenvalue weighted by Gasteiger charge is 2.26. The largest absolute Gasteiger partial charge is 0.264 e. The molecule has 0 bridgehead atoms. The van der Waals surface area contributed by atoms with Crippen molar-refractivity contribution in [2.75, 3.05) is 0 Å². The predicted octanol–water partition coefficient (Wildman–Crippen LogP) is 2.18. The van der Waals surface area contributed by atoms with Crippen LogP contribution < -0.4 is 0 Å². The molecule has 0 aromatic carbocycles. The lowest BCUT2D eigenvalue weighted by atomic mass is 10.1. The SMILES string of the molecule is Cc1nn(C(C)(C)C)c(C)c1S(=O)(=O)Cl. The van der Waals surface area contributed by atoms with E-state index in [1.54, 1.807) is 18.5 Å². The molecule has 0 aliphatic heterocycles. The summed E-state index contributed by atoms with van der Waals surface area (Å²) in [6.07, 6.45) is 0. The van der Waals surface area contributed by atoms with Crippen LogP contribution in [0.5, 0.6) is 0 Å². The predicted molar refractivity (Wildman–Crippen MR) is 59.7 cm³/mol. The summed E-state index contributed by atoms with van der Waals surface area (Å²) in [6, 6.07) is 0. The average Bonchev–Trinajstić information content (AvgIpc) is 2.22. The summed E-state index contributed by atoms with van der Waals surface area (Å²) < 4.78 is 24.3. The molecule has 0 aliphatic rings. The summed E-state index contributed by atoms with van der Waals surface area (Å²) in [5.74, 6) is 0. The second-order valence-corrected chi connectivity index (χ2v) is 7.02. The molecule has 1 aromatic heterocycles. The molecule has 0 amide bonds. The lowest BCUT2D eigenvalue weighted by Crippen LogP contribution is -2.24. The van der Waals surface area contributed by atoms with E-state index < -0.39 is 9.05 Å². The topological polar surface area (TPSA) is 52.0 Å². The minimum Gasteiger partial charge on any atom is -0.263 e. The summed E-state index contributed by atoms with van der Waals surface area (Å²) in [7, 11) is 1.64. The maximum atomic E-state index is 11.3. The molecular weight excluding hydrogens is 236 g/mol. The van der Waals surface area contributed by atoms with Gasteiger partial charge in [-0.25, -0.2) is 8.42 Å². The van der Waals surface area contributed by atoms with E-state index in [2.05, 4.69) is 5.10 Å². The fraction of sp³-hybridized carbons (Fsp3) is 0.667. The first-order chi connectivity index (χ1) is 6.55. The molecule has 86 valence electrons. The van der Waals surface area contributed by atoms with Crippen LogP contribution in [0.1, 0.15) is 32.2 Å². The normalized spacial score (nSPS) is 13.2. The van der Waals surface area contributed by atoms with E-state index in [-0.39, 0.29) is 10.4 Å². The molecule has 0 aliphatic carbocycles. The fourth-order valence-corrected chi connectivity index (χ4v) is 3.14. The number of nitrogens with zero attached hydrogens (tertiary/aromatic N) is 2. The Morgan fingerprint density at radius 2 is 1.73 bits per heavy atom. The van der Waals surface area contributed by atoms with Gasteiger partial charge >= 0.3 is 0 Å². The van der Waals surface area contributed by atoms with Gasteiger partial charge in [0.15, 0.2) is 0 Å². The molecule has 0 fully saturated rings. The Bertz CT molecular complexity index is 483. The lowest BCUT2D eigenvalue weighted by Gasteiger charge is -2.21. The number of halogens is 1. The van der Waals surface area contributed by atoms with Gasteiger partial charge in [0, 0.05) is 10.7 Å². The van der Waals surface area contributed by atoms with Crippen LogP contribution in [-0.4, -0.2) is 18.2 Å². The van der Waals surface area contributed by atoms with E-state index in [1.165, 1.54) is 0 Å². The van der Waals surface area contributed by atoms with Crippen LogP contribution in [-0.2, 0) is 14.6 Å². The molecule has 1 rings (SSSR count). The van der Waals surface area contributed by atoms with Crippen molar-refractivity contribution in [3.05, 3.63) is 11.4 Å². The number of rotatable bonds is 1. The van der Waals surface area contributed by atoms with Gasteiger partial charge in [-0.15, -0.1) is 0 Å². The first kappa shape index (κ1) is 12.5. The van der Waals surface area contributed by atoms with Gasteiger partial charge in [-0.3, -0.25) is 4.68 Å². The van der Waals surface area contributed by atoms with Crippen molar-refractivity contribution in [2.24, 2.45) is 0 Å². The minimum absolute atomic E-state index is 0.124. The summed E-state index contributed by atoms with van der Waals surface area (Å²) >= 11 is 0. The second-order valence-electron chi connectivity index (χ2n) is 4.52. The van der Waals surface area contributed by atoms with Crippen molar-refractivity contribution in [3.63, 3.8) is 0 Å². The third kappa shape index (κ3) is 2.34. The molecule has 0 atom stereocenters. The Labute approximate surface area is 94.7 Å². The van der Waals surface area contributed by atoms with Crippen molar-refractivity contribution >= 4 is 19.7 Å². The molecular formula is C9H15ClN2O2S. The van der Waals surface area contributed by atoms with E-state index in [0.717, 1.165) is 0 Å². The Kier molecular flexibility index (Phi) is 2.91. The van der Waals surface area contributed by atoms with Crippen LogP contribution in [0, 0.1) is 13.8 Å². The van der Waals surface area contributed by atoms with Crippen molar-refractivity contribution in [1.29, 1.82) is 0 Å². The van der Waals surface area contributed by atoms with Gasteiger partial charge in [0.1, 0.15) is 4.90 Å². The Hall–Kier alpha value is -0.550. The van der Waals surface area contributed by atoms with Crippen molar-refractivity contribution in [2.45, 2.75) is 45.1 Å². The van der Waals surface area contributed by atoms with E-state index in [1.807, 2.05) is 20.8 Å². The first-order valence-corrected chi connectivity index (χ1v) is 6.87. The van der Waals surface area contributed by atoms with E-state index in [9.17, 15) is 8.42 Å². The van der Waals surface area contributed by atoms with Crippen LogP contribution >= 0.6 is 10.7 Å². The summed E-state index contributed by atoms with van der Waals surface area (Å²) in [5.41, 5.74) is 0.765. The third-order valence-electron chi connectivity index (χ3n) is 2.10. The summed E-state index contributed by atoms with van der Waals surface area (Å²) in [5, 5.41) is 4.20. The van der Waals surface area contributed by atoms with Gasteiger partial charge in [0.2, 0.25) is 0 Å². The Morgan fingerprint density at radius 1 is 1.27 bits per heavy atom. The molecule has 15 heavy (non-hydrogen) atoms. The molecule has 0 saturated carbocycles. The van der Waals surface area contributed by atoms with Gasteiger partial charge in [-0.05, 0) is 34.6 Å². The molecule has 0 unspecified atom stereocenters. The molecule has 0 saturated heterocycles. The van der Waals surface area contributed by atoms with Gasteiger partial charge in [0.25, 0.3) is 9.05 Å².